The van der Waals surface area contributed by atoms with Gasteiger partial charge in [0.15, 0.2) is 0 Å². The number of aliphatic hydroxyl groups is 1. The first-order valence-electron chi connectivity index (χ1n) is 6.99. The lowest BCUT2D eigenvalue weighted by atomic mass is 9.98. The predicted octanol–water partition coefficient (Wildman–Crippen LogP) is 0.654. The van der Waals surface area contributed by atoms with Crippen molar-refractivity contribution in [3.8, 4) is 0 Å². The molecule has 2 amide bonds. The van der Waals surface area contributed by atoms with Gasteiger partial charge in [-0.25, -0.2) is 4.79 Å². The number of nitrogens with one attached hydrogen (secondary N) is 1. The first-order chi connectivity index (χ1) is 9.10. The van der Waals surface area contributed by atoms with Crippen LogP contribution in [-0.4, -0.2) is 52.9 Å². The molecule has 2 rings (SSSR count). The number of carbonyl (C=O) groups is 2. The summed E-state index contributed by atoms with van der Waals surface area (Å²) in [6.45, 7) is 1.54. The number of carboxylic acids is 1. The number of piperidine rings is 1. The third-order valence-electron chi connectivity index (χ3n) is 4.27. The maximum absolute atomic E-state index is 12.0. The lowest BCUT2D eigenvalue weighted by Gasteiger charge is -2.32. The number of hydrogen-bond acceptors (Lipinski definition) is 3. The molecular weight excluding hydrogens is 248 g/mol. The van der Waals surface area contributed by atoms with Gasteiger partial charge in [0.1, 0.15) is 0 Å². The van der Waals surface area contributed by atoms with Crippen LogP contribution in [0.15, 0.2) is 0 Å². The Morgan fingerprint density at radius 3 is 2.37 bits per heavy atom. The Morgan fingerprint density at radius 2 is 1.84 bits per heavy atom. The van der Waals surface area contributed by atoms with Crippen molar-refractivity contribution in [1.29, 1.82) is 0 Å². The number of urea groups is 1. The van der Waals surface area contributed by atoms with E-state index in [0.29, 0.717) is 31.8 Å². The molecule has 6 heteroatoms. The second kappa shape index (κ2) is 6.23. The number of carboxylic acid groups (broad SMARTS) is 1. The number of aliphatic carboxylic acids is 1. The van der Waals surface area contributed by atoms with E-state index in [9.17, 15) is 9.59 Å². The van der Waals surface area contributed by atoms with Gasteiger partial charge < -0.3 is 20.4 Å². The fourth-order valence-corrected chi connectivity index (χ4v) is 2.92. The zero-order valence-corrected chi connectivity index (χ0v) is 11.0. The maximum Gasteiger partial charge on any atom is 0.317 e. The molecule has 0 unspecified atom stereocenters. The molecule has 2 fully saturated rings. The Morgan fingerprint density at radius 1 is 1.16 bits per heavy atom. The molecule has 3 N–H and O–H groups in total. The third kappa shape index (κ3) is 3.59. The van der Waals surface area contributed by atoms with Gasteiger partial charge in [-0.05, 0) is 38.0 Å². The molecule has 1 saturated carbocycles. The highest BCUT2D eigenvalue weighted by Gasteiger charge is 2.32. The van der Waals surface area contributed by atoms with Crippen LogP contribution in [0.1, 0.15) is 32.1 Å². The van der Waals surface area contributed by atoms with Crippen molar-refractivity contribution in [1.82, 2.24) is 10.2 Å². The van der Waals surface area contributed by atoms with E-state index >= 15 is 0 Å². The largest absolute Gasteiger partial charge is 0.481 e. The van der Waals surface area contributed by atoms with Gasteiger partial charge in [-0.1, -0.05) is 0 Å². The lowest BCUT2D eigenvalue weighted by Crippen LogP contribution is -2.47. The standard InChI is InChI=1S/C13H22N2O4/c16-8-9-3-5-15(6-4-9)13(19)14-11-2-1-10(7-11)12(17)18/h9-11,16H,1-8H2,(H,14,19)(H,17,18)/t10-,11+/m1/s1. The summed E-state index contributed by atoms with van der Waals surface area (Å²) in [5.74, 6) is -0.766. The number of carbonyl (C=O) groups excluding carboxylic acids is 1. The fourth-order valence-electron chi connectivity index (χ4n) is 2.92. The van der Waals surface area contributed by atoms with Gasteiger partial charge in [0.05, 0.1) is 5.92 Å². The van der Waals surface area contributed by atoms with Gasteiger partial charge in [0.2, 0.25) is 0 Å². The molecule has 1 saturated heterocycles. The topological polar surface area (TPSA) is 89.9 Å². The van der Waals surface area contributed by atoms with Crippen molar-refractivity contribution in [2.75, 3.05) is 19.7 Å². The summed E-state index contributed by atoms with van der Waals surface area (Å²) in [5, 5.41) is 20.9. The monoisotopic (exact) mass is 270 g/mol. The Balaban J connectivity index is 1.75. The second-order valence-electron chi connectivity index (χ2n) is 5.61. The highest BCUT2D eigenvalue weighted by Crippen LogP contribution is 2.26. The van der Waals surface area contributed by atoms with Crippen LogP contribution in [0.25, 0.3) is 0 Å². The molecule has 1 aliphatic heterocycles. The van der Waals surface area contributed by atoms with Gasteiger partial charge in [-0.3, -0.25) is 4.79 Å². The van der Waals surface area contributed by atoms with Crippen LogP contribution < -0.4 is 5.32 Å². The number of aliphatic hydroxyl groups excluding tert-OH is 1. The number of likely N-dealkylation sites (tertiary alicyclic amines) is 1. The maximum atomic E-state index is 12.0. The van der Waals surface area contributed by atoms with Crippen LogP contribution in [-0.2, 0) is 4.79 Å². The summed E-state index contributed by atoms with van der Waals surface area (Å²) < 4.78 is 0. The second-order valence-corrected chi connectivity index (χ2v) is 5.61. The highest BCUT2D eigenvalue weighted by molar-refractivity contribution is 5.75. The minimum Gasteiger partial charge on any atom is -0.481 e. The minimum absolute atomic E-state index is 0.0100. The number of amides is 2. The molecule has 0 aromatic heterocycles. The van der Waals surface area contributed by atoms with Gasteiger partial charge >= 0.3 is 12.0 Å². The van der Waals surface area contributed by atoms with Gasteiger partial charge in [0, 0.05) is 25.7 Å². The van der Waals surface area contributed by atoms with Gasteiger partial charge in [-0.15, -0.1) is 0 Å². The van der Waals surface area contributed by atoms with Crippen molar-refractivity contribution in [3.05, 3.63) is 0 Å². The Hall–Kier alpha value is -1.30. The van der Waals surface area contributed by atoms with Crippen molar-refractivity contribution >= 4 is 12.0 Å². The normalized spacial score (nSPS) is 28.4. The average Bonchev–Trinajstić information content (AvgIpc) is 2.87. The number of hydrogen-bond donors (Lipinski definition) is 3. The van der Waals surface area contributed by atoms with E-state index in [1.54, 1.807) is 4.90 Å². The molecule has 1 aliphatic carbocycles. The molecule has 0 aromatic carbocycles. The summed E-state index contributed by atoms with van der Waals surface area (Å²) in [5.41, 5.74) is 0. The Bertz CT molecular complexity index is 340. The SMILES string of the molecule is O=C(O)[C@@H]1CC[C@H](NC(=O)N2CCC(CO)CC2)C1. The molecule has 19 heavy (non-hydrogen) atoms. The molecule has 0 aromatic rings. The summed E-state index contributed by atoms with van der Waals surface area (Å²) in [6.07, 6.45) is 3.61. The smallest absolute Gasteiger partial charge is 0.317 e. The molecule has 2 aliphatic rings. The Labute approximate surface area is 112 Å². The van der Waals surface area contributed by atoms with Crippen LogP contribution in [0.4, 0.5) is 4.79 Å². The van der Waals surface area contributed by atoms with E-state index in [4.69, 9.17) is 10.2 Å². The van der Waals surface area contributed by atoms with Crippen LogP contribution in [0.5, 0.6) is 0 Å². The van der Waals surface area contributed by atoms with Crippen LogP contribution in [0.2, 0.25) is 0 Å². The summed E-state index contributed by atoms with van der Waals surface area (Å²) in [4.78, 5) is 24.7. The van der Waals surface area contributed by atoms with Crippen LogP contribution in [0.3, 0.4) is 0 Å². The third-order valence-corrected chi connectivity index (χ3v) is 4.27. The molecule has 108 valence electrons. The van der Waals surface area contributed by atoms with Crippen molar-refractivity contribution in [2.45, 2.75) is 38.1 Å². The summed E-state index contributed by atoms with van der Waals surface area (Å²) in [6, 6.07) is -0.100. The summed E-state index contributed by atoms with van der Waals surface area (Å²) >= 11 is 0. The average molecular weight is 270 g/mol. The molecule has 2 atom stereocenters. The van der Waals surface area contributed by atoms with E-state index in [1.807, 2.05) is 0 Å². The number of rotatable bonds is 3. The van der Waals surface area contributed by atoms with Crippen molar-refractivity contribution < 1.29 is 19.8 Å². The van der Waals surface area contributed by atoms with Crippen LogP contribution >= 0.6 is 0 Å². The van der Waals surface area contributed by atoms with Gasteiger partial charge in [0.25, 0.3) is 0 Å². The lowest BCUT2D eigenvalue weighted by molar-refractivity contribution is -0.141. The highest BCUT2D eigenvalue weighted by atomic mass is 16.4. The van der Waals surface area contributed by atoms with Gasteiger partial charge in [-0.2, -0.15) is 0 Å². The van der Waals surface area contributed by atoms with Crippen molar-refractivity contribution in [3.63, 3.8) is 0 Å². The Kier molecular flexibility index (Phi) is 4.63. The van der Waals surface area contributed by atoms with Crippen molar-refractivity contribution in [2.24, 2.45) is 11.8 Å². The first-order valence-corrected chi connectivity index (χ1v) is 6.99. The molecule has 0 bridgehead atoms. The van der Waals surface area contributed by atoms with E-state index < -0.39 is 5.97 Å². The quantitative estimate of drug-likeness (QED) is 0.702. The van der Waals surface area contributed by atoms with E-state index in [-0.39, 0.29) is 24.6 Å². The van der Waals surface area contributed by atoms with E-state index in [2.05, 4.69) is 5.32 Å². The zero-order valence-electron chi connectivity index (χ0n) is 11.0. The summed E-state index contributed by atoms with van der Waals surface area (Å²) in [7, 11) is 0. The van der Waals surface area contributed by atoms with E-state index in [0.717, 1.165) is 19.3 Å². The van der Waals surface area contributed by atoms with E-state index in [1.165, 1.54) is 0 Å². The minimum atomic E-state index is -0.763. The molecular formula is C13H22N2O4. The predicted molar refractivity (Wildman–Crippen MR) is 68.7 cm³/mol. The first kappa shape index (κ1) is 14.1. The molecule has 0 radical (unpaired) electrons. The molecule has 1 heterocycles. The fraction of sp³-hybridized carbons (Fsp3) is 0.846. The molecule has 0 spiro atoms. The zero-order chi connectivity index (χ0) is 13.8. The molecule has 6 nitrogen and oxygen atoms in total. The number of nitrogens with zero attached hydrogens (tertiary/aromatic N) is 1. The van der Waals surface area contributed by atoms with Crippen LogP contribution in [0, 0.1) is 11.8 Å².